The molecule has 2 N–H and O–H groups in total. The Morgan fingerprint density at radius 2 is 1.86 bits per heavy atom. The van der Waals surface area contributed by atoms with Crippen molar-refractivity contribution in [1.29, 1.82) is 0 Å². The van der Waals surface area contributed by atoms with Gasteiger partial charge >= 0.3 is 0 Å². The predicted molar refractivity (Wildman–Crippen MR) is 60.1 cm³/mol. The van der Waals surface area contributed by atoms with Gasteiger partial charge in [0, 0.05) is 12.4 Å². The Kier molecular flexibility index (Phi) is 6.00. The first-order valence-corrected chi connectivity index (χ1v) is 5.52. The SMILES string of the molecule is NCCCCCCCc1cccnc1. The average molecular weight is 192 g/mol. The van der Waals surface area contributed by atoms with Gasteiger partial charge in [-0.1, -0.05) is 25.3 Å². The molecule has 2 nitrogen and oxygen atoms in total. The van der Waals surface area contributed by atoms with E-state index >= 15 is 0 Å². The van der Waals surface area contributed by atoms with Crippen molar-refractivity contribution in [3.63, 3.8) is 0 Å². The second-order valence-electron chi connectivity index (χ2n) is 3.67. The second-order valence-corrected chi connectivity index (χ2v) is 3.67. The van der Waals surface area contributed by atoms with E-state index in [1.54, 1.807) is 0 Å². The largest absolute Gasteiger partial charge is 0.330 e. The normalized spacial score (nSPS) is 10.4. The number of hydrogen-bond acceptors (Lipinski definition) is 2. The first-order chi connectivity index (χ1) is 6.93. The molecule has 0 saturated carbocycles. The lowest BCUT2D eigenvalue weighted by Crippen LogP contribution is -1.97. The van der Waals surface area contributed by atoms with Gasteiger partial charge in [0.2, 0.25) is 0 Å². The van der Waals surface area contributed by atoms with Gasteiger partial charge in [-0.05, 0) is 37.4 Å². The molecule has 0 spiro atoms. The molecular formula is C12H20N2. The quantitative estimate of drug-likeness (QED) is 0.674. The summed E-state index contributed by atoms with van der Waals surface area (Å²) in [6, 6.07) is 4.15. The number of aromatic nitrogens is 1. The fourth-order valence-electron chi connectivity index (χ4n) is 1.55. The molecule has 1 rings (SSSR count). The monoisotopic (exact) mass is 192 g/mol. The van der Waals surface area contributed by atoms with Crippen LogP contribution in [0.4, 0.5) is 0 Å². The first kappa shape index (κ1) is 11.2. The summed E-state index contributed by atoms with van der Waals surface area (Å²) in [7, 11) is 0. The summed E-state index contributed by atoms with van der Waals surface area (Å²) >= 11 is 0. The maximum absolute atomic E-state index is 5.43. The average Bonchev–Trinajstić information content (AvgIpc) is 2.25. The molecule has 14 heavy (non-hydrogen) atoms. The molecule has 0 fully saturated rings. The van der Waals surface area contributed by atoms with Gasteiger partial charge in [0.25, 0.3) is 0 Å². The van der Waals surface area contributed by atoms with E-state index in [9.17, 15) is 0 Å². The third-order valence-electron chi connectivity index (χ3n) is 2.39. The Labute approximate surface area is 86.5 Å². The van der Waals surface area contributed by atoms with Gasteiger partial charge in [-0.15, -0.1) is 0 Å². The fraction of sp³-hybridized carbons (Fsp3) is 0.583. The number of nitrogens with zero attached hydrogens (tertiary/aromatic N) is 1. The molecule has 0 aliphatic carbocycles. The van der Waals surface area contributed by atoms with E-state index < -0.39 is 0 Å². The molecule has 1 heterocycles. The Balaban J connectivity index is 1.99. The van der Waals surface area contributed by atoms with E-state index in [1.165, 1.54) is 37.7 Å². The van der Waals surface area contributed by atoms with Gasteiger partial charge in [-0.3, -0.25) is 4.98 Å². The zero-order chi connectivity index (χ0) is 10.1. The summed E-state index contributed by atoms with van der Waals surface area (Å²) in [5.74, 6) is 0. The van der Waals surface area contributed by atoms with Crippen LogP contribution in [0.15, 0.2) is 24.5 Å². The van der Waals surface area contributed by atoms with E-state index in [0.717, 1.165) is 13.0 Å². The summed E-state index contributed by atoms with van der Waals surface area (Å²) in [6.07, 6.45) is 11.3. The summed E-state index contributed by atoms with van der Waals surface area (Å²) in [6.45, 7) is 0.836. The van der Waals surface area contributed by atoms with Crippen molar-refractivity contribution in [3.8, 4) is 0 Å². The third kappa shape index (κ3) is 4.97. The van der Waals surface area contributed by atoms with Crippen LogP contribution in [-0.4, -0.2) is 11.5 Å². The van der Waals surface area contributed by atoms with Gasteiger partial charge in [0.1, 0.15) is 0 Å². The zero-order valence-electron chi connectivity index (χ0n) is 8.78. The molecule has 0 aromatic carbocycles. The van der Waals surface area contributed by atoms with E-state index in [4.69, 9.17) is 5.73 Å². The van der Waals surface area contributed by atoms with Crippen LogP contribution in [0.3, 0.4) is 0 Å². The highest BCUT2D eigenvalue weighted by Gasteiger charge is 1.92. The van der Waals surface area contributed by atoms with Crippen molar-refractivity contribution in [1.82, 2.24) is 4.98 Å². The highest BCUT2D eigenvalue weighted by Crippen LogP contribution is 2.07. The van der Waals surface area contributed by atoms with Crippen LogP contribution in [0.1, 0.15) is 37.7 Å². The molecule has 2 heteroatoms. The molecule has 78 valence electrons. The summed E-state index contributed by atoms with van der Waals surface area (Å²) in [5.41, 5.74) is 6.78. The number of pyridine rings is 1. The van der Waals surface area contributed by atoms with E-state index in [2.05, 4.69) is 11.1 Å². The number of hydrogen-bond donors (Lipinski definition) is 1. The number of rotatable bonds is 7. The molecule has 1 aromatic rings. The summed E-state index contributed by atoms with van der Waals surface area (Å²) in [5, 5.41) is 0. The molecule has 1 aromatic heterocycles. The van der Waals surface area contributed by atoms with Crippen LogP contribution in [-0.2, 0) is 6.42 Å². The van der Waals surface area contributed by atoms with Crippen molar-refractivity contribution in [2.45, 2.75) is 38.5 Å². The number of aryl methyl sites for hydroxylation is 1. The smallest absolute Gasteiger partial charge is 0.0299 e. The predicted octanol–water partition coefficient (Wildman–Crippen LogP) is 2.53. The minimum absolute atomic E-state index is 0.836. The number of unbranched alkanes of at least 4 members (excludes halogenated alkanes) is 4. The van der Waals surface area contributed by atoms with Gasteiger partial charge in [0.15, 0.2) is 0 Å². The Morgan fingerprint density at radius 1 is 1.07 bits per heavy atom. The van der Waals surface area contributed by atoms with Crippen LogP contribution in [0, 0.1) is 0 Å². The lowest BCUT2D eigenvalue weighted by molar-refractivity contribution is 0.618. The van der Waals surface area contributed by atoms with E-state index in [-0.39, 0.29) is 0 Å². The van der Waals surface area contributed by atoms with Crippen molar-refractivity contribution < 1.29 is 0 Å². The van der Waals surface area contributed by atoms with Crippen LogP contribution in [0.25, 0.3) is 0 Å². The highest BCUT2D eigenvalue weighted by atomic mass is 14.6. The minimum Gasteiger partial charge on any atom is -0.330 e. The van der Waals surface area contributed by atoms with Gasteiger partial charge < -0.3 is 5.73 Å². The first-order valence-electron chi connectivity index (χ1n) is 5.52. The molecule has 0 saturated heterocycles. The van der Waals surface area contributed by atoms with Crippen molar-refractivity contribution >= 4 is 0 Å². The van der Waals surface area contributed by atoms with E-state index in [0.29, 0.717) is 0 Å². The molecular weight excluding hydrogens is 172 g/mol. The van der Waals surface area contributed by atoms with Gasteiger partial charge in [-0.25, -0.2) is 0 Å². The molecule has 0 aliphatic rings. The third-order valence-corrected chi connectivity index (χ3v) is 2.39. The van der Waals surface area contributed by atoms with Gasteiger partial charge in [-0.2, -0.15) is 0 Å². The summed E-state index contributed by atoms with van der Waals surface area (Å²) in [4.78, 5) is 4.10. The molecule has 0 aliphatic heterocycles. The topological polar surface area (TPSA) is 38.9 Å². The molecule has 0 radical (unpaired) electrons. The van der Waals surface area contributed by atoms with Crippen molar-refractivity contribution in [2.75, 3.05) is 6.54 Å². The lowest BCUT2D eigenvalue weighted by atomic mass is 10.1. The maximum Gasteiger partial charge on any atom is 0.0299 e. The Morgan fingerprint density at radius 3 is 2.57 bits per heavy atom. The van der Waals surface area contributed by atoms with Crippen LogP contribution >= 0.6 is 0 Å². The molecule has 0 amide bonds. The lowest BCUT2D eigenvalue weighted by Gasteiger charge is -2.00. The maximum atomic E-state index is 5.43. The van der Waals surface area contributed by atoms with Crippen LogP contribution in [0.2, 0.25) is 0 Å². The Hall–Kier alpha value is -0.890. The van der Waals surface area contributed by atoms with Crippen LogP contribution < -0.4 is 5.73 Å². The van der Waals surface area contributed by atoms with Gasteiger partial charge in [0.05, 0.1) is 0 Å². The fourth-order valence-corrected chi connectivity index (χ4v) is 1.55. The van der Waals surface area contributed by atoms with Crippen LogP contribution in [0.5, 0.6) is 0 Å². The Bertz CT molecular complexity index is 221. The van der Waals surface area contributed by atoms with Crippen molar-refractivity contribution in [3.05, 3.63) is 30.1 Å². The molecule has 0 atom stereocenters. The van der Waals surface area contributed by atoms with Crippen molar-refractivity contribution in [2.24, 2.45) is 5.73 Å². The second kappa shape index (κ2) is 7.51. The molecule has 0 bridgehead atoms. The standard InChI is InChI=1S/C12H20N2/c13-9-5-3-1-2-4-7-12-8-6-10-14-11-12/h6,8,10-11H,1-5,7,9,13H2. The molecule has 0 unspecified atom stereocenters. The minimum atomic E-state index is 0.836. The number of nitrogens with two attached hydrogens (primary N) is 1. The highest BCUT2D eigenvalue weighted by molar-refractivity contribution is 5.08. The zero-order valence-corrected chi connectivity index (χ0v) is 8.78. The summed E-state index contributed by atoms with van der Waals surface area (Å²) < 4.78 is 0. The van der Waals surface area contributed by atoms with E-state index in [1.807, 2.05) is 18.5 Å².